The normalized spacial score (nSPS) is 10.7. The second-order valence-electron chi connectivity index (χ2n) is 5.20. The van der Waals surface area contributed by atoms with Gasteiger partial charge < -0.3 is 10.2 Å². The number of hydrogen-bond acceptors (Lipinski definition) is 3. The van der Waals surface area contributed by atoms with Gasteiger partial charge in [-0.2, -0.15) is 0 Å². The minimum absolute atomic E-state index is 0.0384. The van der Waals surface area contributed by atoms with Crippen molar-refractivity contribution in [3.63, 3.8) is 0 Å². The van der Waals surface area contributed by atoms with Gasteiger partial charge in [0.2, 0.25) is 0 Å². The molecule has 21 heavy (non-hydrogen) atoms. The Morgan fingerprint density at radius 2 is 2.05 bits per heavy atom. The molecule has 0 unspecified atom stereocenters. The van der Waals surface area contributed by atoms with Gasteiger partial charge in [-0.25, -0.2) is 9.78 Å². The number of rotatable bonds is 5. The van der Waals surface area contributed by atoms with Crippen molar-refractivity contribution in [2.75, 3.05) is 13.6 Å². The molecule has 0 saturated heterocycles. The summed E-state index contributed by atoms with van der Waals surface area (Å²) in [4.78, 5) is 18.1. The van der Waals surface area contributed by atoms with Crippen molar-refractivity contribution in [2.24, 2.45) is 0 Å². The fraction of sp³-hybridized carbons (Fsp3) is 0.375. The van der Waals surface area contributed by atoms with Gasteiger partial charge in [0, 0.05) is 37.0 Å². The first-order chi connectivity index (χ1) is 10.1. The lowest BCUT2D eigenvalue weighted by Gasteiger charge is -2.21. The van der Waals surface area contributed by atoms with Gasteiger partial charge in [0.25, 0.3) is 0 Å². The predicted molar refractivity (Wildman–Crippen MR) is 87.6 cm³/mol. The number of nitrogens with zero attached hydrogens (tertiary/aromatic N) is 2. The molecule has 0 aliphatic rings. The lowest BCUT2D eigenvalue weighted by Crippen LogP contribution is -2.41. The van der Waals surface area contributed by atoms with Gasteiger partial charge in [0.05, 0.1) is 5.69 Å². The van der Waals surface area contributed by atoms with E-state index in [-0.39, 0.29) is 12.1 Å². The lowest BCUT2D eigenvalue weighted by molar-refractivity contribution is 0.198. The zero-order valence-corrected chi connectivity index (χ0v) is 13.5. The van der Waals surface area contributed by atoms with Crippen molar-refractivity contribution >= 4 is 17.4 Å². The minimum Gasteiger partial charge on any atom is -0.338 e. The highest BCUT2D eigenvalue weighted by molar-refractivity contribution is 7.13. The Morgan fingerprint density at radius 3 is 2.71 bits per heavy atom. The number of nitrogens with one attached hydrogen (secondary N) is 1. The molecule has 2 rings (SSSR count). The average Bonchev–Trinajstić information content (AvgIpc) is 2.96. The smallest absolute Gasteiger partial charge is 0.317 e. The molecule has 0 radical (unpaired) electrons. The first kappa shape index (κ1) is 15.5. The van der Waals surface area contributed by atoms with Crippen molar-refractivity contribution in [3.8, 4) is 10.6 Å². The highest BCUT2D eigenvalue weighted by atomic mass is 32.1. The number of hydrogen-bond donors (Lipinski definition) is 1. The minimum atomic E-state index is -0.0384. The summed E-state index contributed by atoms with van der Waals surface area (Å²) in [6, 6.07) is 10.3. The summed E-state index contributed by atoms with van der Waals surface area (Å²) in [5, 5.41) is 5.99. The molecule has 2 amide bonds. The van der Waals surface area contributed by atoms with Gasteiger partial charge in [-0.15, -0.1) is 11.3 Å². The van der Waals surface area contributed by atoms with Crippen LogP contribution in [0.15, 0.2) is 35.7 Å². The summed E-state index contributed by atoms with van der Waals surface area (Å²) in [5.74, 6) is 0. The van der Waals surface area contributed by atoms with Crippen molar-refractivity contribution < 1.29 is 4.79 Å². The van der Waals surface area contributed by atoms with Gasteiger partial charge in [0.1, 0.15) is 5.01 Å². The van der Waals surface area contributed by atoms with Gasteiger partial charge >= 0.3 is 6.03 Å². The third kappa shape index (κ3) is 4.29. The van der Waals surface area contributed by atoms with Crippen LogP contribution in [0.1, 0.15) is 19.5 Å². The van der Waals surface area contributed by atoms with Crippen LogP contribution in [0.25, 0.3) is 10.6 Å². The Balaban J connectivity index is 1.85. The van der Waals surface area contributed by atoms with Crippen LogP contribution in [0.3, 0.4) is 0 Å². The molecule has 5 heteroatoms. The maximum absolute atomic E-state index is 11.8. The van der Waals surface area contributed by atoms with Gasteiger partial charge in [0.15, 0.2) is 0 Å². The Kier molecular flexibility index (Phi) is 5.33. The van der Waals surface area contributed by atoms with Gasteiger partial charge in [-0.05, 0) is 13.8 Å². The topological polar surface area (TPSA) is 45.2 Å². The lowest BCUT2D eigenvalue weighted by atomic mass is 10.2. The number of aromatic nitrogens is 1. The van der Waals surface area contributed by atoms with Crippen LogP contribution in [-0.4, -0.2) is 35.5 Å². The number of carbonyl (C=O) groups excluding carboxylic acids is 1. The summed E-state index contributed by atoms with van der Waals surface area (Å²) in [6.45, 7) is 4.59. The molecule has 0 aliphatic heterocycles. The van der Waals surface area contributed by atoms with Crippen LogP contribution in [0.5, 0.6) is 0 Å². The summed E-state index contributed by atoms with van der Waals surface area (Å²) < 4.78 is 0. The maximum atomic E-state index is 11.8. The van der Waals surface area contributed by atoms with E-state index in [4.69, 9.17) is 0 Å². The van der Waals surface area contributed by atoms with Crippen LogP contribution < -0.4 is 5.32 Å². The van der Waals surface area contributed by atoms with E-state index in [2.05, 4.69) is 27.8 Å². The quantitative estimate of drug-likeness (QED) is 0.920. The van der Waals surface area contributed by atoms with E-state index in [1.54, 1.807) is 23.3 Å². The monoisotopic (exact) mass is 303 g/mol. The van der Waals surface area contributed by atoms with Crippen LogP contribution in [0.4, 0.5) is 4.79 Å². The predicted octanol–water partition coefficient (Wildman–Crippen LogP) is 3.40. The van der Waals surface area contributed by atoms with Crippen LogP contribution in [-0.2, 0) is 6.42 Å². The first-order valence-electron chi connectivity index (χ1n) is 7.08. The molecule has 0 atom stereocenters. The summed E-state index contributed by atoms with van der Waals surface area (Å²) in [5.41, 5.74) is 2.16. The molecule has 1 aromatic heterocycles. The number of amides is 2. The van der Waals surface area contributed by atoms with Crippen molar-refractivity contribution in [1.82, 2.24) is 15.2 Å². The Hall–Kier alpha value is -1.88. The number of thiazole rings is 1. The SMILES string of the molecule is CC(C)N(C)C(=O)NCCc1csc(-c2ccccc2)n1. The fourth-order valence-corrected chi connectivity index (χ4v) is 2.65. The van der Waals surface area contributed by atoms with Gasteiger partial charge in [-0.3, -0.25) is 0 Å². The third-order valence-corrected chi connectivity index (χ3v) is 4.26. The molecule has 112 valence electrons. The number of carbonyl (C=O) groups is 1. The Bertz CT molecular complexity index is 580. The van der Waals surface area contributed by atoms with E-state index in [0.717, 1.165) is 22.7 Å². The zero-order valence-electron chi connectivity index (χ0n) is 12.7. The maximum Gasteiger partial charge on any atom is 0.317 e. The standard InChI is InChI=1S/C16H21N3OS/c1-12(2)19(3)16(20)17-10-9-14-11-21-15(18-14)13-7-5-4-6-8-13/h4-8,11-12H,9-10H2,1-3H3,(H,17,20). The second-order valence-corrected chi connectivity index (χ2v) is 6.05. The largest absolute Gasteiger partial charge is 0.338 e. The summed E-state index contributed by atoms with van der Waals surface area (Å²) >= 11 is 1.64. The second kappa shape index (κ2) is 7.22. The van der Waals surface area contributed by atoms with E-state index in [9.17, 15) is 4.79 Å². The highest BCUT2D eigenvalue weighted by Crippen LogP contribution is 2.23. The van der Waals surface area contributed by atoms with Crippen molar-refractivity contribution in [1.29, 1.82) is 0 Å². The molecule has 1 heterocycles. The molecule has 0 spiro atoms. The molecule has 0 bridgehead atoms. The molecule has 4 nitrogen and oxygen atoms in total. The fourth-order valence-electron chi connectivity index (χ4n) is 1.79. The molecular weight excluding hydrogens is 282 g/mol. The molecule has 0 saturated carbocycles. The molecule has 1 aromatic carbocycles. The highest BCUT2D eigenvalue weighted by Gasteiger charge is 2.11. The molecule has 0 fully saturated rings. The van der Waals surface area contributed by atoms with Crippen LogP contribution >= 0.6 is 11.3 Å². The van der Waals surface area contributed by atoms with E-state index in [1.165, 1.54) is 0 Å². The van der Waals surface area contributed by atoms with Crippen molar-refractivity contribution in [3.05, 3.63) is 41.4 Å². The van der Waals surface area contributed by atoms with E-state index in [1.807, 2.05) is 32.0 Å². The van der Waals surface area contributed by atoms with Crippen LogP contribution in [0, 0.1) is 0 Å². The van der Waals surface area contributed by atoms with Crippen LogP contribution in [0.2, 0.25) is 0 Å². The first-order valence-corrected chi connectivity index (χ1v) is 7.96. The Morgan fingerprint density at radius 1 is 1.33 bits per heavy atom. The number of urea groups is 1. The molecule has 1 N–H and O–H groups in total. The molecular formula is C16H21N3OS. The summed E-state index contributed by atoms with van der Waals surface area (Å²) in [6.07, 6.45) is 0.751. The molecule has 2 aromatic rings. The van der Waals surface area contributed by atoms with E-state index in [0.29, 0.717) is 6.54 Å². The number of benzene rings is 1. The molecule has 0 aliphatic carbocycles. The zero-order chi connectivity index (χ0) is 15.2. The third-order valence-electron chi connectivity index (χ3n) is 3.32. The van der Waals surface area contributed by atoms with Gasteiger partial charge in [-0.1, -0.05) is 30.3 Å². The average molecular weight is 303 g/mol. The Labute approximate surface area is 129 Å². The van der Waals surface area contributed by atoms with E-state index < -0.39 is 0 Å². The van der Waals surface area contributed by atoms with E-state index >= 15 is 0 Å². The summed E-state index contributed by atoms with van der Waals surface area (Å²) in [7, 11) is 1.80. The van der Waals surface area contributed by atoms with Crippen molar-refractivity contribution in [2.45, 2.75) is 26.3 Å².